The normalized spacial score (nSPS) is 10.9. The number of ether oxygens (including phenoxy) is 1. The maximum atomic E-state index is 12.4. The molecule has 20 heavy (non-hydrogen) atoms. The van der Waals surface area contributed by atoms with Crippen LogP contribution in [0.15, 0.2) is 45.2 Å². The lowest BCUT2D eigenvalue weighted by molar-refractivity contribution is 0.408. The number of thiophene rings is 1. The molecule has 0 saturated carbocycles. The number of aromatic nitrogens is 2. The second-order valence-corrected chi connectivity index (χ2v) is 6.08. The summed E-state index contributed by atoms with van der Waals surface area (Å²) in [5.74, 6) is 0.755. The Hall–Kier alpha value is -1.66. The molecule has 102 valence electrons. The van der Waals surface area contributed by atoms with Gasteiger partial charge in [0.2, 0.25) is 0 Å². The van der Waals surface area contributed by atoms with Crippen molar-refractivity contribution >= 4 is 37.5 Å². The summed E-state index contributed by atoms with van der Waals surface area (Å²) in [5, 5.41) is 2.54. The minimum absolute atomic E-state index is 0.0294. The molecule has 3 aromatic rings. The van der Waals surface area contributed by atoms with E-state index in [1.54, 1.807) is 18.0 Å². The highest BCUT2D eigenvalue weighted by Gasteiger charge is 2.09. The molecule has 3 rings (SSSR count). The number of nitrogens with zero attached hydrogens (tertiary/aromatic N) is 2. The predicted molar refractivity (Wildman–Crippen MR) is 83.7 cm³/mol. The molecule has 0 saturated heterocycles. The summed E-state index contributed by atoms with van der Waals surface area (Å²) in [5.41, 5.74) is 0.902. The molecule has 0 bridgehead atoms. The van der Waals surface area contributed by atoms with Gasteiger partial charge >= 0.3 is 0 Å². The Morgan fingerprint density at radius 3 is 3.05 bits per heavy atom. The molecule has 6 heteroatoms. The van der Waals surface area contributed by atoms with E-state index in [-0.39, 0.29) is 5.56 Å². The number of hydrogen-bond acceptors (Lipinski definition) is 4. The van der Waals surface area contributed by atoms with Crippen LogP contribution in [0.4, 0.5) is 0 Å². The van der Waals surface area contributed by atoms with E-state index in [4.69, 9.17) is 4.74 Å². The molecular formula is C14H11BrN2O2S. The first-order valence-electron chi connectivity index (χ1n) is 5.94. The average molecular weight is 351 g/mol. The molecule has 0 fully saturated rings. The van der Waals surface area contributed by atoms with Crippen molar-refractivity contribution in [2.24, 2.45) is 0 Å². The maximum Gasteiger partial charge on any atom is 0.262 e. The lowest BCUT2D eigenvalue weighted by Crippen LogP contribution is -2.20. The first-order valence-corrected chi connectivity index (χ1v) is 7.61. The fraction of sp³-hybridized carbons (Fsp3) is 0.143. The van der Waals surface area contributed by atoms with Gasteiger partial charge in [0.1, 0.15) is 10.6 Å². The third-order valence-corrected chi connectivity index (χ3v) is 4.35. The van der Waals surface area contributed by atoms with Crippen LogP contribution in [-0.4, -0.2) is 16.7 Å². The van der Waals surface area contributed by atoms with Crippen LogP contribution >= 0.6 is 27.3 Å². The largest absolute Gasteiger partial charge is 0.496 e. The Morgan fingerprint density at radius 2 is 2.25 bits per heavy atom. The Bertz CT molecular complexity index is 825. The maximum absolute atomic E-state index is 12.4. The van der Waals surface area contributed by atoms with E-state index in [0.717, 1.165) is 20.6 Å². The standard InChI is InChI=1S/C14H11BrN2O2S/c1-19-12-3-2-10(15)6-9(12)7-17-8-16-13-11(14(17)18)4-5-20-13/h2-6,8H,7H2,1H3. The van der Waals surface area contributed by atoms with Crippen molar-refractivity contribution in [1.82, 2.24) is 9.55 Å². The zero-order chi connectivity index (χ0) is 14.1. The minimum atomic E-state index is -0.0294. The van der Waals surface area contributed by atoms with Crippen molar-refractivity contribution in [2.45, 2.75) is 6.54 Å². The monoisotopic (exact) mass is 350 g/mol. The molecule has 0 N–H and O–H groups in total. The van der Waals surface area contributed by atoms with Gasteiger partial charge in [-0.15, -0.1) is 11.3 Å². The molecule has 0 unspecified atom stereocenters. The van der Waals surface area contributed by atoms with Crippen molar-refractivity contribution in [3.05, 3.63) is 56.4 Å². The third-order valence-electron chi connectivity index (χ3n) is 3.03. The van der Waals surface area contributed by atoms with Gasteiger partial charge in [0.15, 0.2) is 0 Å². The Labute approximate surface area is 127 Å². The predicted octanol–water partition coefficient (Wildman–Crippen LogP) is 3.28. The van der Waals surface area contributed by atoms with Gasteiger partial charge in [-0.25, -0.2) is 4.98 Å². The fourth-order valence-corrected chi connectivity index (χ4v) is 3.19. The summed E-state index contributed by atoms with van der Waals surface area (Å²) in [4.78, 5) is 17.4. The summed E-state index contributed by atoms with van der Waals surface area (Å²) in [6.07, 6.45) is 1.58. The van der Waals surface area contributed by atoms with Gasteiger partial charge < -0.3 is 4.74 Å². The molecule has 0 radical (unpaired) electrons. The van der Waals surface area contributed by atoms with Crippen LogP contribution in [0.1, 0.15) is 5.56 Å². The SMILES string of the molecule is COc1ccc(Br)cc1Cn1cnc2sccc2c1=O. The van der Waals surface area contributed by atoms with Crippen LogP contribution in [0.25, 0.3) is 10.2 Å². The fourth-order valence-electron chi connectivity index (χ4n) is 2.06. The van der Waals surface area contributed by atoms with Crippen molar-refractivity contribution < 1.29 is 4.74 Å². The van der Waals surface area contributed by atoms with E-state index < -0.39 is 0 Å². The highest BCUT2D eigenvalue weighted by Crippen LogP contribution is 2.23. The van der Waals surface area contributed by atoms with E-state index in [2.05, 4.69) is 20.9 Å². The molecule has 1 aromatic carbocycles. The molecule has 0 spiro atoms. The molecule has 0 amide bonds. The summed E-state index contributed by atoms with van der Waals surface area (Å²) in [6, 6.07) is 7.54. The van der Waals surface area contributed by atoms with Gasteiger partial charge in [-0.3, -0.25) is 9.36 Å². The van der Waals surface area contributed by atoms with Crippen molar-refractivity contribution in [3.8, 4) is 5.75 Å². The van der Waals surface area contributed by atoms with Crippen molar-refractivity contribution in [2.75, 3.05) is 7.11 Å². The number of methoxy groups -OCH3 is 1. The number of halogens is 1. The van der Waals surface area contributed by atoms with Gasteiger partial charge in [0.25, 0.3) is 5.56 Å². The van der Waals surface area contributed by atoms with Crippen LogP contribution in [0.5, 0.6) is 5.75 Å². The second-order valence-electron chi connectivity index (χ2n) is 4.27. The van der Waals surface area contributed by atoms with Gasteiger partial charge in [-0.2, -0.15) is 0 Å². The van der Waals surface area contributed by atoms with E-state index in [1.165, 1.54) is 11.3 Å². The molecule has 0 aliphatic heterocycles. The molecule has 0 atom stereocenters. The second kappa shape index (κ2) is 5.38. The third kappa shape index (κ3) is 2.36. The average Bonchev–Trinajstić information content (AvgIpc) is 2.91. The van der Waals surface area contributed by atoms with Crippen LogP contribution in [0.3, 0.4) is 0 Å². The van der Waals surface area contributed by atoms with E-state index in [1.807, 2.05) is 29.6 Å². The Kier molecular flexibility index (Phi) is 3.58. The molecule has 0 aliphatic carbocycles. The number of hydrogen-bond donors (Lipinski definition) is 0. The topological polar surface area (TPSA) is 44.1 Å². The van der Waals surface area contributed by atoms with Gasteiger partial charge in [0, 0.05) is 10.0 Å². The zero-order valence-corrected chi connectivity index (χ0v) is 13.1. The van der Waals surface area contributed by atoms with E-state index >= 15 is 0 Å². The van der Waals surface area contributed by atoms with Crippen molar-refractivity contribution in [3.63, 3.8) is 0 Å². The highest BCUT2D eigenvalue weighted by molar-refractivity contribution is 9.10. The van der Waals surface area contributed by atoms with Crippen LogP contribution < -0.4 is 10.3 Å². The summed E-state index contributed by atoms with van der Waals surface area (Å²) >= 11 is 4.90. The molecule has 4 nitrogen and oxygen atoms in total. The van der Waals surface area contributed by atoms with E-state index in [0.29, 0.717) is 11.9 Å². The van der Waals surface area contributed by atoms with Crippen LogP contribution in [-0.2, 0) is 6.54 Å². The van der Waals surface area contributed by atoms with Gasteiger partial charge in [0.05, 0.1) is 25.4 Å². The minimum Gasteiger partial charge on any atom is -0.496 e. The van der Waals surface area contributed by atoms with Crippen LogP contribution in [0, 0.1) is 0 Å². The van der Waals surface area contributed by atoms with Gasteiger partial charge in [-0.1, -0.05) is 15.9 Å². The quantitative estimate of drug-likeness (QED) is 0.728. The summed E-state index contributed by atoms with van der Waals surface area (Å²) in [7, 11) is 1.62. The lowest BCUT2D eigenvalue weighted by atomic mass is 10.2. The summed E-state index contributed by atoms with van der Waals surface area (Å²) in [6.45, 7) is 0.431. The molecule has 2 aromatic heterocycles. The Morgan fingerprint density at radius 1 is 1.40 bits per heavy atom. The van der Waals surface area contributed by atoms with Gasteiger partial charge in [-0.05, 0) is 29.6 Å². The molecular weight excluding hydrogens is 340 g/mol. The van der Waals surface area contributed by atoms with E-state index in [9.17, 15) is 4.79 Å². The summed E-state index contributed by atoms with van der Waals surface area (Å²) < 4.78 is 7.88. The number of rotatable bonds is 3. The first kappa shape index (κ1) is 13.3. The zero-order valence-electron chi connectivity index (χ0n) is 10.7. The highest BCUT2D eigenvalue weighted by atomic mass is 79.9. The first-order chi connectivity index (χ1) is 9.69. The Balaban J connectivity index is 2.07. The molecule has 2 heterocycles. The molecule has 0 aliphatic rings. The smallest absolute Gasteiger partial charge is 0.262 e. The van der Waals surface area contributed by atoms with Crippen LogP contribution in [0.2, 0.25) is 0 Å². The number of fused-ring (bicyclic) bond motifs is 1. The lowest BCUT2D eigenvalue weighted by Gasteiger charge is -2.10. The number of benzene rings is 1. The van der Waals surface area contributed by atoms with Crippen molar-refractivity contribution in [1.29, 1.82) is 0 Å².